The number of nitrogens with two attached hydrogens (primary N) is 1. The zero-order chi connectivity index (χ0) is 8.39. The molecule has 4 nitrogen and oxygen atoms in total. The molecule has 2 heterocycles. The van der Waals surface area contributed by atoms with Gasteiger partial charge in [0, 0.05) is 0 Å². The third-order valence-corrected chi connectivity index (χ3v) is 2.62. The SMILES string of the molecule is Nc1ccc(SC2COC2)nn1. The highest BCUT2D eigenvalue weighted by atomic mass is 32.2. The zero-order valence-electron chi connectivity index (χ0n) is 6.43. The number of anilines is 1. The Hall–Kier alpha value is -0.810. The van der Waals surface area contributed by atoms with Crippen molar-refractivity contribution in [3.05, 3.63) is 12.1 Å². The number of thioether (sulfide) groups is 1. The summed E-state index contributed by atoms with van der Waals surface area (Å²) < 4.78 is 5.04. The van der Waals surface area contributed by atoms with E-state index in [9.17, 15) is 0 Å². The average Bonchev–Trinajstić information content (AvgIpc) is 2.00. The molecule has 0 aliphatic carbocycles. The van der Waals surface area contributed by atoms with Crippen molar-refractivity contribution in [2.45, 2.75) is 10.3 Å². The van der Waals surface area contributed by atoms with Crippen LogP contribution in [0.2, 0.25) is 0 Å². The van der Waals surface area contributed by atoms with Crippen molar-refractivity contribution >= 4 is 17.6 Å². The second-order valence-electron chi connectivity index (χ2n) is 2.57. The molecule has 0 spiro atoms. The first-order chi connectivity index (χ1) is 5.84. The number of nitrogens with zero attached hydrogens (tertiary/aromatic N) is 2. The minimum absolute atomic E-state index is 0.462. The largest absolute Gasteiger partial charge is 0.382 e. The second-order valence-corrected chi connectivity index (χ2v) is 3.89. The topological polar surface area (TPSA) is 61.0 Å². The first-order valence-corrected chi connectivity index (χ1v) is 4.56. The normalized spacial score (nSPS) is 17.3. The van der Waals surface area contributed by atoms with Gasteiger partial charge < -0.3 is 10.5 Å². The van der Waals surface area contributed by atoms with Crippen molar-refractivity contribution in [1.82, 2.24) is 10.2 Å². The maximum absolute atomic E-state index is 5.40. The van der Waals surface area contributed by atoms with Gasteiger partial charge in [0.25, 0.3) is 0 Å². The number of ether oxygens (including phenoxy) is 1. The van der Waals surface area contributed by atoms with E-state index in [4.69, 9.17) is 10.5 Å². The van der Waals surface area contributed by atoms with Gasteiger partial charge in [-0.25, -0.2) is 0 Å². The predicted molar refractivity (Wildman–Crippen MR) is 46.9 cm³/mol. The molecule has 0 unspecified atom stereocenters. The molecule has 1 saturated heterocycles. The van der Waals surface area contributed by atoms with Crippen LogP contribution in [-0.4, -0.2) is 28.7 Å². The summed E-state index contributed by atoms with van der Waals surface area (Å²) in [5.41, 5.74) is 5.40. The van der Waals surface area contributed by atoms with Gasteiger partial charge in [-0.15, -0.1) is 10.2 Å². The van der Waals surface area contributed by atoms with E-state index in [1.54, 1.807) is 17.8 Å². The number of hydrogen-bond acceptors (Lipinski definition) is 5. The molecule has 1 aromatic rings. The highest BCUT2D eigenvalue weighted by Gasteiger charge is 2.19. The van der Waals surface area contributed by atoms with E-state index in [0.29, 0.717) is 11.1 Å². The van der Waals surface area contributed by atoms with Crippen molar-refractivity contribution in [3.8, 4) is 0 Å². The molecule has 0 radical (unpaired) electrons. The average molecular weight is 183 g/mol. The Labute approximate surface area is 74.5 Å². The fourth-order valence-corrected chi connectivity index (χ4v) is 1.75. The third-order valence-electron chi connectivity index (χ3n) is 1.56. The molecule has 0 atom stereocenters. The molecule has 0 bridgehead atoms. The Kier molecular flexibility index (Phi) is 2.14. The van der Waals surface area contributed by atoms with Crippen molar-refractivity contribution in [2.24, 2.45) is 0 Å². The van der Waals surface area contributed by atoms with E-state index in [-0.39, 0.29) is 0 Å². The minimum atomic E-state index is 0.462. The summed E-state index contributed by atoms with van der Waals surface area (Å²) in [6, 6.07) is 3.64. The smallest absolute Gasteiger partial charge is 0.146 e. The summed E-state index contributed by atoms with van der Waals surface area (Å²) in [6.45, 7) is 1.63. The fraction of sp³-hybridized carbons (Fsp3) is 0.429. The lowest BCUT2D eigenvalue weighted by atomic mass is 10.4. The molecule has 2 rings (SSSR count). The lowest BCUT2D eigenvalue weighted by Gasteiger charge is -2.24. The Morgan fingerprint density at radius 3 is 2.75 bits per heavy atom. The van der Waals surface area contributed by atoms with E-state index >= 15 is 0 Å². The zero-order valence-corrected chi connectivity index (χ0v) is 7.25. The standard InChI is InChI=1S/C7H9N3OS/c8-6-1-2-7(10-9-6)12-5-3-11-4-5/h1-2,5H,3-4H2,(H2,8,9). The van der Waals surface area contributed by atoms with Crippen LogP contribution in [0.4, 0.5) is 5.82 Å². The second kappa shape index (κ2) is 3.28. The molecule has 1 aliphatic heterocycles. The molecule has 0 saturated carbocycles. The van der Waals surface area contributed by atoms with Gasteiger partial charge in [0.05, 0.1) is 18.5 Å². The van der Waals surface area contributed by atoms with Crippen molar-refractivity contribution in [3.63, 3.8) is 0 Å². The highest BCUT2D eigenvalue weighted by Crippen LogP contribution is 2.25. The molecule has 0 amide bonds. The lowest BCUT2D eigenvalue weighted by molar-refractivity contribution is 0.0454. The van der Waals surface area contributed by atoms with Gasteiger partial charge in [0.15, 0.2) is 0 Å². The third kappa shape index (κ3) is 1.67. The van der Waals surface area contributed by atoms with Gasteiger partial charge in [0.2, 0.25) is 0 Å². The Balaban J connectivity index is 1.98. The monoisotopic (exact) mass is 183 g/mol. The van der Waals surface area contributed by atoms with Gasteiger partial charge in [-0.3, -0.25) is 0 Å². The summed E-state index contributed by atoms with van der Waals surface area (Å²) in [5.74, 6) is 0.462. The molecule has 0 aromatic carbocycles. The Morgan fingerprint density at radius 1 is 1.42 bits per heavy atom. The van der Waals surface area contributed by atoms with E-state index in [1.807, 2.05) is 6.07 Å². The van der Waals surface area contributed by atoms with Crippen LogP contribution in [0.1, 0.15) is 0 Å². The quantitative estimate of drug-likeness (QED) is 0.725. The Bertz CT molecular complexity index is 260. The Morgan fingerprint density at radius 2 is 2.25 bits per heavy atom. The van der Waals surface area contributed by atoms with Gasteiger partial charge >= 0.3 is 0 Å². The van der Waals surface area contributed by atoms with Crippen LogP contribution in [-0.2, 0) is 4.74 Å². The summed E-state index contributed by atoms with van der Waals surface area (Å²) >= 11 is 1.68. The van der Waals surface area contributed by atoms with E-state index in [0.717, 1.165) is 18.2 Å². The summed E-state index contributed by atoms with van der Waals surface area (Å²) in [4.78, 5) is 0. The molecular formula is C7H9N3OS. The number of nitrogen functional groups attached to an aromatic ring is 1. The summed E-state index contributed by atoms with van der Waals surface area (Å²) in [6.07, 6.45) is 0. The molecule has 64 valence electrons. The van der Waals surface area contributed by atoms with Crippen molar-refractivity contribution in [2.75, 3.05) is 18.9 Å². The highest BCUT2D eigenvalue weighted by molar-refractivity contribution is 8.00. The van der Waals surface area contributed by atoms with E-state index < -0.39 is 0 Å². The van der Waals surface area contributed by atoms with Gasteiger partial charge in [-0.2, -0.15) is 0 Å². The molecule has 1 fully saturated rings. The number of hydrogen-bond donors (Lipinski definition) is 1. The van der Waals surface area contributed by atoms with Crippen LogP contribution >= 0.6 is 11.8 Å². The predicted octanol–water partition coefficient (Wildman–Crippen LogP) is 0.550. The molecule has 2 N–H and O–H groups in total. The number of rotatable bonds is 2. The van der Waals surface area contributed by atoms with Crippen molar-refractivity contribution in [1.29, 1.82) is 0 Å². The van der Waals surface area contributed by atoms with Gasteiger partial charge in [-0.05, 0) is 12.1 Å². The maximum atomic E-state index is 5.40. The minimum Gasteiger partial charge on any atom is -0.382 e. The maximum Gasteiger partial charge on any atom is 0.146 e. The van der Waals surface area contributed by atoms with E-state index in [2.05, 4.69) is 10.2 Å². The van der Waals surface area contributed by atoms with Crippen LogP contribution < -0.4 is 5.73 Å². The molecule has 1 aliphatic rings. The van der Waals surface area contributed by atoms with E-state index in [1.165, 1.54) is 0 Å². The van der Waals surface area contributed by atoms with Crippen LogP contribution in [0.15, 0.2) is 17.2 Å². The summed E-state index contributed by atoms with van der Waals surface area (Å²) in [5, 5.41) is 9.15. The summed E-state index contributed by atoms with van der Waals surface area (Å²) in [7, 11) is 0. The first-order valence-electron chi connectivity index (χ1n) is 3.68. The van der Waals surface area contributed by atoms with Gasteiger partial charge in [0.1, 0.15) is 10.8 Å². The van der Waals surface area contributed by atoms with Crippen molar-refractivity contribution < 1.29 is 4.74 Å². The van der Waals surface area contributed by atoms with Crippen LogP contribution in [0.25, 0.3) is 0 Å². The fourth-order valence-electron chi connectivity index (χ4n) is 0.846. The molecular weight excluding hydrogens is 174 g/mol. The van der Waals surface area contributed by atoms with Gasteiger partial charge in [-0.1, -0.05) is 11.8 Å². The van der Waals surface area contributed by atoms with Crippen LogP contribution in [0, 0.1) is 0 Å². The van der Waals surface area contributed by atoms with Crippen LogP contribution in [0.5, 0.6) is 0 Å². The molecule has 5 heteroatoms. The lowest BCUT2D eigenvalue weighted by Crippen LogP contribution is -2.30. The first kappa shape index (κ1) is 7.82. The van der Waals surface area contributed by atoms with Crippen LogP contribution in [0.3, 0.4) is 0 Å². The molecule has 12 heavy (non-hydrogen) atoms. The molecule has 1 aromatic heterocycles. The number of aromatic nitrogens is 2.